The van der Waals surface area contributed by atoms with Crippen LogP contribution >= 0.6 is 0 Å². The molecule has 6 nitrogen and oxygen atoms in total. The summed E-state index contributed by atoms with van der Waals surface area (Å²) in [7, 11) is 1.92. The lowest BCUT2D eigenvalue weighted by Gasteiger charge is -2.12. The average molecular weight is 301 g/mol. The number of aliphatic imine (C=N–C) groups is 1. The molecule has 118 valence electrons. The molecule has 0 unspecified atom stereocenters. The van der Waals surface area contributed by atoms with Crippen molar-refractivity contribution in [2.24, 2.45) is 12.0 Å². The van der Waals surface area contributed by atoms with Crippen LogP contribution in [0.5, 0.6) is 0 Å². The third kappa shape index (κ3) is 4.33. The number of aromatic nitrogens is 2. The third-order valence-electron chi connectivity index (χ3n) is 3.40. The Morgan fingerprint density at radius 1 is 1.23 bits per heavy atom. The lowest BCUT2D eigenvalue weighted by molar-refractivity contribution is 0.280. The van der Waals surface area contributed by atoms with Crippen LogP contribution in [-0.4, -0.2) is 27.4 Å². The van der Waals surface area contributed by atoms with Crippen LogP contribution in [0.1, 0.15) is 23.7 Å². The van der Waals surface area contributed by atoms with Gasteiger partial charge in [0.25, 0.3) is 0 Å². The first-order chi connectivity index (χ1) is 10.7. The first-order valence-electron chi connectivity index (χ1n) is 7.41. The summed E-state index contributed by atoms with van der Waals surface area (Å²) < 4.78 is 1.83. The maximum absolute atomic E-state index is 9.36. The zero-order valence-electron chi connectivity index (χ0n) is 13.1. The number of aryl methyl sites for hydroxylation is 1. The highest BCUT2D eigenvalue weighted by molar-refractivity contribution is 5.79. The van der Waals surface area contributed by atoms with E-state index < -0.39 is 0 Å². The lowest BCUT2D eigenvalue weighted by atomic mass is 10.1. The predicted octanol–water partition coefficient (Wildman–Crippen LogP) is 1.17. The van der Waals surface area contributed by atoms with Gasteiger partial charge in [0, 0.05) is 19.8 Å². The number of aliphatic hydroxyl groups excluding tert-OH is 1. The Morgan fingerprint density at radius 2 is 2.00 bits per heavy atom. The van der Waals surface area contributed by atoms with Gasteiger partial charge in [-0.05, 0) is 24.1 Å². The molecule has 0 saturated carbocycles. The Balaban J connectivity index is 2.02. The number of nitrogens with one attached hydrogen (secondary N) is 2. The van der Waals surface area contributed by atoms with Crippen LogP contribution < -0.4 is 10.6 Å². The van der Waals surface area contributed by atoms with Gasteiger partial charge < -0.3 is 15.7 Å². The van der Waals surface area contributed by atoms with Crippen LogP contribution in [0.4, 0.5) is 0 Å². The first kappa shape index (κ1) is 16.0. The van der Waals surface area contributed by atoms with Crippen molar-refractivity contribution in [1.82, 2.24) is 20.4 Å². The Bertz CT molecular complexity index is 621. The summed E-state index contributed by atoms with van der Waals surface area (Å²) >= 11 is 0. The maximum Gasteiger partial charge on any atom is 0.191 e. The van der Waals surface area contributed by atoms with E-state index in [4.69, 9.17) is 0 Å². The minimum Gasteiger partial charge on any atom is -0.392 e. The number of hydrogen-bond acceptors (Lipinski definition) is 3. The molecule has 1 aromatic carbocycles. The van der Waals surface area contributed by atoms with Gasteiger partial charge in [0.2, 0.25) is 0 Å². The van der Waals surface area contributed by atoms with Crippen molar-refractivity contribution < 1.29 is 5.11 Å². The molecule has 0 aliphatic heterocycles. The Hall–Kier alpha value is -2.34. The van der Waals surface area contributed by atoms with E-state index in [1.54, 1.807) is 6.20 Å². The number of hydrogen-bond donors (Lipinski definition) is 3. The van der Waals surface area contributed by atoms with E-state index in [9.17, 15) is 5.11 Å². The molecule has 0 amide bonds. The quantitative estimate of drug-likeness (QED) is 0.553. The van der Waals surface area contributed by atoms with Crippen molar-refractivity contribution in [3.63, 3.8) is 0 Å². The molecule has 1 aromatic heterocycles. The molecular formula is C16H23N5O. The van der Waals surface area contributed by atoms with Gasteiger partial charge >= 0.3 is 0 Å². The van der Waals surface area contributed by atoms with Crippen molar-refractivity contribution in [2.75, 3.05) is 6.54 Å². The fourth-order valence-electron chi connectivity index (χ4n) is 2.12. The van der Waals surface area contributed by atoms with E-state index in [2.05, 4.69) is 20.7 Å². The predicted molar refractivity (Wildman–Crippen MR) is 87.2 cm³/mol. The van der Waals surface area contributed by atoms with E-state index in [-0.39, 0.29) is 6.61 Å². The first-order valence-corrected chi connectivity index (χ1v) is 7.41. The Morgan fingerprint density at radius 3 is 2.64 bits per heavy atom. The molecule has 2 aromatic rings. The molecule has 0 atom stereocenters. The zero-order chi connectivity index (χ0) is 15.8. The van der Waals surface area contributed by atoms with Crippen molar-refractivity contribution in [1.29, 1.82) is 0 Å². The summed E-state index contributed by atoms with van der Waals surface area (Å²) in [4.78, 5) is 4.58. The third-order valence-corrected chi connectivity index (χ3v) is 3.40. The highest BCUT2D eigenvalue weighted by Gasteiger charge is 2.03. The molecule has 0 radical (unpaired) electrons. The van der Waals surface area contributed by atoms with E-state index >= 15 is 0 Å². The lowest BCUT2D eigenvalue weighted by Crippen LogP contribution is -2.37. The molecule has 0 saturated heterocycles. The molecule has 22 heavy (non-hydrogen) atoms. The second-order valence-corrected chi connectivity index (χ2v) is 4.92. The molecule has 2 rings (SSSR count). The second kappa shape index (κ2) is 8.19. The molecule has 0 bridgehead atoms. The van der Waals surface area contributed by atoms with Gasteiger partial charge in [-0.2, -0.15) is 5.10 Å². The number of aliphatic hydroxyl groups is 1. The molecule has 0 aliphatic rings. The highest BCUT2D eigenvalue weighted by Crippen LogP contribution is 2.09. The van der Waals surface area contributed by atoms with Gasteiger partial charge in [-0.25, -0.2) is 4.99 Å². The summed E-state index contributed by atoms with van der Waals surface area (Å²) in [5, 5.41) is 20.0. The van der Waals surface area contributed by atoms with Crippen LogP contribution in [0.2, 0.25) is 0 Å². The molecule has 0 fully saturated rings. The van der Waals surface area contributed by atoms with E-state index in [0.29, 0.717) is 13.1 Å². The van der Waals surface area contributed by atoms with Gasteiger partial charge in [-0.1, -0.05) is 24.3 Å². The van der Waals surface area contributed by atoms with E-state index in [0.717, 1.165) is 29.3 Å². The Kier molecular flexibility index (Phi) is 5.97. The van der Waals surface area contributed by atoms with Gasteiger partial charge in [-0.15, -0.1) is 0 Å². The van der Waals surface area contributed by atoms with Gasteiger partial charge in [-0.3, -0.25) is 4.68 Å². The number of rotatable bonds is 6. The van der Waals surface area contributed by atoms with Crippen LogP contribution in [0.15, 0.2) is 41.5 Å². The number of benzene rings is 1. The summed E-state index contributed by atoms with van der Waals surface area (Å²) in [5.41, 5.74) is 3.03. The van der Waals surface area contributed by atoms with E-state index in [1.807, 2.05) is 49.0 Å². The summed E-state index contributed by atoms with van der Waals surface area (Å²) in [6.45, 7) is 4.04. The minimum atomic E-state index is 0.0324. The van der Waals surface area contributed by atoms with Crippen LogP contribution in [0, 0.1) is 0 Å². The molecule has 0 aliphatic carbocycles. The molecule has 3 N–H and O–H groups in total. The number of guanidine groups is 1. The molecule has 6 heteroatoms. The van der Waals surface area contributed by atoms with E-state index in [1.165, 1.54) is 0 Å². The van der Waals surface area contributed by atoms with Crippen LogP contribution in [0.25, 0.3) is 0 Å². The normalized spacial score (nSPS) is 11.5. The van der Waals surface area contributed by atoms with Gasteiger partial charge in [0.1, 0.15) is 0 Å². The Labute approximate surface area is 130 Å². The fraction of sp³-hybridized carbons (Fsp3) is 0.375. The van der Waals surface area contributed by atoms with Crippen molar-refractivity contribution >= 4 is 5.96 Å². The van der Waals surface area contributed by atoms with Crippen LogP contribution in [-0.2, 0) is 26.7 Å². The highest BCUT2D eigenvalue weighted by atomic mass is 16.3. The average Bonchev–Trinajstić information content (AvgIpc) is 2.95. The largest absolute Gasteiger partial charge is 0.392 e. The van der Waals surface area contributed by atoms with Crippen molar-refractivity contribution in [3.8, 4) is 0 Å². The molecular weight excluding hydrogens is 278 g/mol. The molecule has 0 spiro atoms. The fourth-order valence-corrected chi connectivity index (χ4v) is 2.12. The number of nitrogens with zero attached hydrogens (tertiary/aromatic N) is 3. The van der Waals surface area contributed by atoms with Crippen molar-refractivity contribution in [3.05, 3.63) is 53.3 Å². The zero-order valence-corrected chi connectivity index (χ0v) is 13.1. The topological polar surface area (TPSA) is 74.5 Å². The SMILES string of the molecule is CCNC(=NCc1ccccc1CO)NCc1ccnn1C. The standard InChI is InChI=1S/C16H23N5O/c1-3-17-16(19-11-15-8-9-20-21(15)2)18-10-13-6-4-5-7-14(13)12-22/h4-9,22H,3,10-12H2,1-2H3,(H2,17,18,19). The summed E-state index contributed by atoms with van der Waals surface area (Å²) in [6.07, 6.45) is 1.78. The van der Waals surface area contributed by atoms with Gasteiger partial charge in [0.15, 0.2) is 5.96 Å². The van der Waals surface area contributed by atoms with Crippen LogP contribution in [0.3, 0.4) is 0 Å². The maximum atomic E-state index is 9.36. The summed E-state index contributed by atoms with van der Waals surface area (Å²) in [6, 6.07) is 9.75. The molecule has 1 heterocycles. The minimum absolute atomic E-state index is 0.0324. The smallest absolute Gasteiger partial charge is 0.191 e. The van der Waals surface area contributed by atoms with Crippen molar-refractivity contribution in [2.45, 2.75) is 26.6 Å². The monoisotopic (exact) mass is 301 g/mol. The summed E-state index contributed by atoms with van der Waals surface area (Å²) in [5.74, 6) is 0.747. The second-order valence-electron chi connectivity index (χ2n) is 4.92. The van der Waals surface area contributed by atoms with Gasteiger partial charge in [0.05, 0.1) is 25.4 Å².